The SMILES string of the molecule is CCc1ccc2c(c1)SC(=CC=Cc1sc3cc(OCCOOC#N)ccc3[n+]1CC)N2CC. The van der Waals surface area contributed by atoms with Crippen LogP contribution in [0.2, 0.25) is 0 Å². The second-order valence-corrected chi connectivity index (χ2v) is 9.65. The summed E-state index contributed by atoms with van der Waals surface area (Å²) in [6.45, 7) is 8.87. The Hall–Kier alpha value is -2.99. The van der Waals surface area contributed by atoms with E-state index in [4.69, 9.17) is 10.00 Å². The summed E-state index contributed by atoms with van der Waals surface area (Å²) in [4.78, 5) is 12.6. The van der Waals surface area contributed by atoms with Gasteiger partial charge < -0.3 is 9.64 Å². The van der Waals surface area contributed by atoms with Crippen LogP contribution >= 0.6 is 23.1 Å². The van der Waals surface area contributed by atoms with Crippen molar-refractivity contribution in [3.05, 3.63) is 64.2 Å². The summed E-state index contributed by atoms with van der Waals surface area (Å²) in [5, 5.41) is 10.8. The summed E-state index contributed by atoms with van der Waals surface area (Å²) in [7, 11) is 0. The number of aryl methyl sites for hydroxylation is 2. The van der Waals surface area contributed by atoms with Crippen LogP contribution in [-0.4, -0.2) is 19.8 Å². The fraction of sp³-hybridized carbons (Fsp3) is 0.308. The second kappa shape index (κ2) is 11.4. The zero-order chi connectivity index (χ0) is 23.9. The molecule has 0 amide bonds. The fourth-order valence-electron chi connectivity index (χ4n) is 3.92. The number of nitrogens with zero attached hydrogens (tertiary/aromatic N) is 3. The second-order valence-electron chi connectivity index (χ2n) is 7.53. The zero-order valence-electron chi connectivity index (χ0n) is 19.6. The number of hydrogen-bond donors (Lipinski definition) is 0. The Kier molecular flexibility index (Phi) is 8.12. The predicted octanol–water partition coefficient (Wildman–Crippen LogP) is 6.07. The molecule has 3 aromatic rings. The van der Waals surface area contributed by atoms with Crippen molar-refractivity contribution in [1.29, 1.82) is 5.26 Å². The molecule has 2 aromatic carbocycles. The number of fused-ring (bicyclic) bond motifs is 2. The molecule has 0 radical (unpaired) electrons. The Morgan fingerprint density at radius 1 is 1.12 bits per heavy atom. The van der Waals surface area contributed by atoms with E-state index in [9.17, 15) is 0 Å². The molecule has 1 aliphatic rings. The summed E-state index contributed by atoms with van der Waals surface area (Å²) < 4.78 is 9.18. The number of thioether (sulfide) groups is 1. The van der Waals surface area contributed by atoms with Crippen LogP contribution in [0.3, 0.4) is 0 Å². The van der Waals surface area contributed by atoms with Crippen LogP contribution in [0, 0.1) is 11.5 Å². The number of aromatic nitrogens is 1. The minimum Gasteiger partial charge on any atom is -0.491 e. The minimum absolute atomic E-state index is 0.185. The highest BCUT2D eigenvalue weighted by atomic mass is 32.2. The van der Waals surface area contributed by atoms with Gasteiger partial charge in [0, 0.05) is 29.6 Å². The first kappa shape index (κ1) is 24.1. The van der Waals surface area contributed by atoms with Crippen molar-refractivity contribution in [3.8, 4) is 12.0 Å². The van der Waals surface area contributed by atoms with Gasteiger partial charge in [-0.1, -0.05) is 42.2 Å². The number of thiazole rings is 1. The van der Waals surface area contributed by atoms with Gasteiger partial charge in [-0.25, -0.2) is 0 Å². The molecule has 0 saturated heterocycles. The molecule has 4 rings (SSSR count). The minimum atomic E-state index is 0.185. The molecular formula is C26H28N3O3S2+. The van der Waals surface area contributed by atoms with Crippen LogP contribution in [0.25, 0.3) is 16.3 Å². The summed E-state index contributed by atoms with van der Waals surface area (Å²) in [5.41, 5.74) is 3.85. The van der Waals surface area contributed by atoms with Crippen molar-refractivity contribution >= 4 is 45.1 Å². The smallest absolute Gasteiger partial charge is 0.324 e. The highest BCUT2D eigenvalue weighted by molar-refractivity contribution is 8.03. The van der Waals surface area contributed by atoms with Crippen LogP contribution < -0.4 is 14.2 Å². The van der Waals surface area contributed by atoms with Crippen molar-refractivity contribution in [2.24, 2.45) is 0 Å². The summed E-state index contributed by atoms with van der Waals surface area (Å²) in [5.74, 6) is 0.764. The number of anilines is 1. The maximum absolute atomic E-state index is 8.31. The van der Waals surface area contributed by atoms with Crippen molar-refractivity contribution < 1.29 is 19.1 Å². The standard InChI is InChI=1S/C26H28N3O3S2/c1-4-19-10-12-21-23(16-19)33-25(28(21)5-2)8-7-9-26-29(6-3)22-13-11-20(17-24(22)34-26)30-14-15-31-32-18-27/h7-13,16-17H,4-6,14-15H2,1-3H3/q+1. The van der Waals surface area contributed by atoms with Gasteiger partial charge in [-0.15, -0.1) is 5.26 Å². The van der Waals surface area contributed by atoms with Crippen LogP contribution in [0.4, 0.5) is 5.69 Å². The molecule has 2 heterocycles. The highest BCUT2D eigenvalue weighted by Gasteiger charge is 2.23. The average molecular weight is 495 g/mol. The van der Waals surface area contributed by atoms with E-state index in [-0.39, 0.29) is 6.61 Å². The molecule has 0 aliphatic carbocycles. The molecule has 1 aromatic heterocycles. The predicted molar refractivity (Wildman–Crippen MR) is 138 cm³/mol. The number of nitriles is 1. The van der Waals surface area contributed by atoms with Crippen LogP contribution in [0.5, 0.6) is 5.75 Å². The first-order valence-corrected chi connectivity index (χ1v) is 13.0. The molecule has 0 fully saturated rings. The number of allylic oxidation sites excluding steroid dienone is 2. The van der Waals surface area contributed by atoms with Gasteiger partial charge in [-0.3, -0.25) is 4.89 Å². The van der Waals surface area contributed by atoms with E-state index in [1.807, 2.05) is 23.9 Å². The van der Waals surface area contributed by atoms with Crippen LogP contribution in [0.1, 0.15) is 31.3 Å². The third-order valence-corrected chi connectivity index (χ3v) is 7.77. The van der Waals surface area contributed by atoms with E-state index >= 15 is 0 Å². The third kappa shape index (κ3) is 5.22. The van der Waals surface area contributed by atoms with Crippen molar-refractivity contribution in [2.75, 3.05) is 24.7 Å². The average Bonchev–Trinajstić information content (AvgIpc) is 3.39. The lowest BCUT2D eigenvalue weighted by Crippen LogP contribution is -2.33. The number of rotatable bonds is 10. The molecule has 0 atom stereocenters. The van der Waals surface area contributed by atoms with E-state index in [1.165, 1.54) is 38.0 Å². The molecule has 0 N–H and O–H groups in total. The lowest BCUT2D eigenvalue weighted by atomic mass is 10.1. The topological polar surface area (TPSA) is 58.6 Å². The monoisotopic (exact) mass is 494 g/mol. The Labute approximate surface area is 208 Å². The highest BCUT2D eigenvalue weighted by Crippen LogP contribution is 2.46. The molecular weight excluding hydrogens is 466 g/mol. The number of hydrogen-bond acceptors (Lipinski definition) is 7. The van der Waals surface area contributed by atoms with Gasteiger partial charge in [0.2, 0.25) is 5.52 Å². The van der Waals surface area contributed by atoms with Crippen LogP contribution in [-0.2, 0) is 22.7 Å². The Bertz CT molecular complexity index is 1260. The van der Waals surface area contributed by atoms with Gasteiger partial charge in [-0.05, 0) is 50.1 Å². The molecule has 6 nitrogen and oxygen atoms in total. The first-order chi connectivity index (χ1) is 16.7. The molecule has 176 valence electrons. The number of benzene rings is 2. The molecule has 34 heavy (non-hydrogen) atoms. The van der Waals surface area contributed by atoms with E-state index in [2.05, 4.69) is 82.5 Å². The fourth-order valence-corrected chi connectivity index (χ4v) is 6.29. The van der Waals surface area contributed by atoms with Crippen LogP contribution in [0.15, 0.2) is 58.5 Å². The van der Waals surface area contributed by atoms with Crippen molar-refractivity contribution in [1.82, 2.24) is 0 Å². The summed E-state index contributed by atoms with van der Waals surface area (Å²) in [6, 6.07) is 12.9. The van der Waals surface area contributed by atoms with Crippen molar-refractivity contribution in [3.63, 3.8) is 0 Å². The lowest BCUT2D eigenvalue weighted by molar-refractivity contribution is -0.665. The van der Waals surface area contributed by atoms with Gasteiger partial charge in [-0.2, -0.15) is 9.45 Å². The van der Waals surface area contributed by atoms with Gasteiger partial charge in [0.15, 0.2) is 0 Å². The zero-order valence-corrected chi connectivity index (χ0v) is 21.2. The number of ether oxygens (including phenoxy) is 1. The largest absolute Gasteiger partial charge is 0.491 e. The Balaban J connectivity index is 1.51. The Morgan fingerprint density at radius 3 is 2.76 bits per heavy atom. The normalized spacial score (nSPS) is 14.2. The van der Waals surface area contributed by atoms with E-state index in [1.54, 1.807) is 11.3 Å². The van der Waals surface area contributed by atoms with Gasteiger partial charge >= 0.3 is 6.26 Å². The molecule has 0 bridgehead atoms. The molecule has 1 aliphatic heterocycles. The maximum Gasteiger partial charge on any atom is 0.324 e. The van der Waals surface area contributed by atoms with Gasteiger partial charge in [0.05, 0.1) is 10.7 Å². The molecule has 0 saturated carbocycles. The molecule has 0 unspecified atom stereocenters. The summed E-state index contributed by atoms with van der Waals surface area (Å²) in [6.07, 6.45) is 9.06. The van der Waals surface area contributed by atoms with E-state index in [0.717, 1.165) is 30.0 Å². The maximum atomic E-state index is 8.31. The summed E-state index contributed by atoms with van der Waals surface area (Å²) >= 11 is 3.58. The first-order valence-electron chi connectivity index (χ1n) is 11.4. The third-order valence-electron chi connectivity index (χ3n) is 5.55. The van der Waals surface area contributed by atoms with E-state index in [0.29, 0.717) is 6.61 Å². The van der Waals surface area contributed by atoms with Gasteiger partial charge in [0.25, 0.3) is 5.01 Å². The van der Waals surface area contributed by atoms with Crippen molar-refractivity contribution in [2.45, 2.75) is 38.6 Å². The Morgan fingerprint density at radius 2 is 2.00 bits per heavy atom. The quantitative estimate of drug-likeness (QED) is 0.112. The lowest BCUT2D eigenvalue weighted by Gasteiger charge is -2.17. The molecule has 0 spiro atoms. The molecule has 8 heteroatoms. The van der Waals surface area contributed by atoms with Gasteiger partial charge in [0.1, 0.15) is 30.2 Å². The van der Waals surface area contributed by atoms with E-state index < -0.39 is 0 Å².